The topological polar surface area (TPSA) is 147 Å². The van der Waals surface area contributed by atoms with Crippen LogP contribution in [0, 0.1) is 11.3 Å². The molecule has 17 heteroatoms. The van der Waals surface area contributed by atoms with Gasteiger partial charge in [-0.15, -0.1) is 0 Å². The van der Waals surface area contributed by atoms with Crippen molar-refractivity contribution >= 4 is 63.9 Å². The number of fused-ring (bicyclic) bond motifs is 1. The zero-order chi connectivity index (χ0) is 41.6. The third-order valence-corrected chi connectivity index (χ3v) is 12.3. The van der Waals surface area contributed by atoms with Gasteiger partial charge in [-0.1, -0.05) is 0 Å². The second-order valence-corrected chi connectivity index (χ2v) is 15.8. The molecule has 1 spiro atoms. The number of hydrogen-bond donors (Lipinski definition) is 1. The predicted octanol–water partition coefficient (Wildman–Crippen LogP) is 5.41. The van der Waals surface area contributed by atoms with Gasteiger partial charge in [-0.2, -0.15) is 18.4 Å². The average Bonchev–Trinajstić information content (AvgIpc) is 3.60. The van der Waals surface area contributed by atoms with Crippen LogP contribution in [0.2, 0.25) is 0 Å². The number of nitriles is 1. The number of anilines is 3. The van der Waals surface area contributed by atoms with Gasteiger partial charge in [-0.05, 0) is 124 Å². The van der Waals surface area contributed by atoms with Gasteiger partial charge in [-0.25, -0.2) is 0 Å². The Morgan fingerprint density at radius 3 is 2.20 bits per heavy atom. The molecule has 0 bridgehead atoms. The fourth-order valence-electron chi connectivity index (χ4n) is 8.60. The molecule has 3 aromatic carbocycles. The summed E-state index contributed by atoms with van der Waals surface area (Å²) in [6.45, 7) is 4.77. The maximum atomic E-state index is 13.9. The van der Waals surface area contributed by atoms with E-state index in [0.717, 1.165) is 81.1 Å². The number of nitrogens with one attached hydrogen (secondary N) is 1. The first-order chi connectivity index (χ1) is 28.3. The molecule has 13 nitrogen and oxygen atoms in total. The Balaban J connectivity index is 0.798. The van der Waals surface area contributed by atoms with Gasteiger partial charge in [0.25, 0.3) is 17.7 Å². The van der Waals surface area contributed by atoms with E-state index >= 15 is 0 Å². The van der Waals surface area contributed by atoms with E-state index in [0.29, 0.717) is 30.9 Å². The first-order valence-corrected chi connectivity index (χ1v) is 20.1. The Hall–Kier alpha value is -5.86. The van der Waals surface area contributed by atoms with E-state index in [9.17, 15) is 42.4 Å². The summed E-state index contributed by atoms with van der Waals surface area (Å²) in [6, 6.07) is 16.3. The summed E-state index contributed by atoms with van der Waals surface area (Å²) in [7, 11) is 0. The lowest BCUT2D eigenvalue weighted by atomic mass is 9.75. The molecule has 3 aromatic rings. The van der Waals surface area contributed by atoms with E-state index in [4.69, 9.17) is 17.0 Å². The molecule has 306 valence electrons. The first kappa shape index (κ1) is 39.9. The lowest BCUT2D eigenvalue weighted by molar-refractivity contribution is -0.138. The highest BCUT2D eigenvalue weighted by Gasteiger charge is 2.59. The molecular formula is C42H40F3N7O6S. The van der Waals surface area contributed by atoms with Gasteiger partial charge in [0.15, 0.2) is 5.11 Å². The number of benzene rings is 3. The molecule has 1 atom stereocenters. The van der Waals surface area contributed by atoms with Gasteiger partial charge in [-0.3, -0.25) is 44.0 Å². The number of piperazine rings is 1. The van der Waals surface area contributed by atoms with Gasteiger partial charge in [0.05, 0.1) is 40.6 Å². The molecule has 59 heavy (non-hydrogen) atoms. The van der Waals surface area contributed by atoms with Gasteiger partial charge >= 0.3 is 6.18 Å². The molecule has 8 rings (SSSR count). The van der Waals surface area contributed by atoms with Crippen molar-refractivity contribution in [3.05, 3.63) is 82.9 Å². The third-order valence-electron chi connectivity index (χ3n) is 11.9. The number of ether oxygens (including phenoxy) is 1. The van der Waals surface area contributed by atoms with Crippen molar-refractivity contribution in [3.63, 3.8) is 0 Å². The number of unbranched alkanes of at least 4 members (excludes halogenated alkanes) is 2. The number of alkyl halides is 3. The zero-order valence-electron chi connectivity index (χ0n) is 31.9. The second kappa shape index (κ2) is 15.7. The molecule has 4 fully saturated rings. The number of rotatable bonds is 11. The summed E-state index contributed by atoms with van der Waals surface area (Å²) in [5, 5.41) is 11.6. The molecular weight excluding hydrogens is 788 g/mol. The number of thiocarbonyl (C=S) groups is 1. The number of hydrogen-bond acceptors (Lipinski definition) is 10. The van der Waals surface area contributed by atoms with E-state index in [1.54, 1.807) is 17.0 Å². The van der Waals surface area contributed by atoms with Crippen molar-refractivity contribution in [2.24, 2.45) is 0 Å². The maximum absolute atomic E-state index is 13.9. The summed E-state index contributed by atoms with van der Waals surface area (Å²) >= 11 is 5.77. The number of carbonyl (C=O) groups is 5. The second-order valence-electron chi connectivity index (χ2n) is 15.4. The van der Waals surface area contributed by atoms with Crippen LogP contribution in [0.1, 0.15) is 83.2 Å². The summed E-state index contributed by atoms with van der Waals surface area (Å²) in [5.41, 5.74) is -0.507. The van der Waals surface area contributed by atoms with Crippen LogP contribution in [0.4, 0.5) is 30.2 Å². The fraction of sp³-hybridized carbons (Fsp3) is 0.405. The van der Waals surface area contributed by atoms with Crippen LogP contribution in [0.25, 0.3) is 0 Å². The molecule has 5 aliphatic rings. The highest BCUT2D eigenvalue weighted by molar-refractivity contribution is 7.81. The lowest BCUT2D eigenvalue weighted by Gasteiger charge is -2.43. The molecule has 4 heterocycles. The van der Waals surface area contributed by atoms with Crippen LogP contribution in [0.15, 0.2) is 60.7 Å². The Bertz CT molecular complexity index is 2280. The van der Waals surface area contributed by atoms with Crippen LogP contribution >= 0.6 is 12.2 Å². The van der Waals surface area contributed by atoms with E-state index in [1.165, 1.54) is 23.1 Å². The first-order valence-electron chi connectivity index (χ1n) is 19.7. The number of halogens is 3. The minimum Gasteiger partial charge on any atom is -0.494 e. The zero-order valence-corrected chi connectivity index (χ0v) is 32.7. The summed E-state index contributed by atoms with van der Waals surface area (Å²) in [6.07, 6.45) is -0.0796. The van der Waals surface area contributed by atoms with Crippen molar-refractivity contribution < 1.29 is 41.9 Å². The quantitative estimate of drug-likeness (QED) is 0.151. The number of piperidine rings is 1. The minimum absolute atomic E-state index is 0.0147. The van der Waals surface area contributed by atoms with Crippen LogP contribution in [-0.2, 0) is 20.6 Å². The van der Waals surface area contributed by atoms with Crippen molar-refractivity contribution in [1.29, 1.82) is 5.26 Å². The van der Waals surface area contributed by atoms with E-state index in [2.05, 4.69) is 15.1 Å². The van der Waals surface area contributed by atoms with Gasteiger partial charge in [0.1, 0.15) is 17.3 Å². The Morgan fingerprint density at radius 1 is 0.847 bits per heavy atom. The third kappa shape index (κ3) is 7.28. The molecule has 3 saturated heterocycles. The van der Waals surface area contributed by atoms with E-state index in [-0.39, 0.29) is 40.7 Å². The standard InChI is InChI=1S/C42H40F3N7O6S/c43-42(44,45)33-23-29(6-5-26(33)25-46)50-39(57)41(15-4-16-41)52(40(50)59)28-9-7-27(8-10-28)49-20-18-48(19-21-49)17-2-1-3-22-58-30-11-12-31-32(24-30)38(56)51(37(31)55)34-13-14-35(53)47-36(34)54/h5-12,23-24,34H,1-4,13-22H2,(H,47,53,54). The molecule has 5 amide bonds. The Kier molecular flexibility index (Phi) is 10.6. The van der Waals surface area contributed by atoms with Gasteiger partial charge in [0.2, 0.25) is 11.8 Å². The normalized spacial score (nSPS) is 20.6. The molecule has 1 unspecified atom stereocenters. The highest BCUT2D eigenvalue weighted by atomic mass is 32.1. The number of carbonyl (C=O) groups excluding carboxylic acids is 5. The monoisotopic (exact) mass is 827 g/mol. The molecule has 1 saturated carbocycles. The Morgan fingerprint density at radius 2 is 1.54 bits per heavy atom. The highest BCUT2D eigenvalue weighted by Crippen LogP contribution is 2.48. The number of imide groups is 2. The molecule has 0 radical (unpaired) electrons. The SMILES string of the molecule is N#Cc1ccc(N2C(=O)C3(CCC3)N(c3ccc(N4CCN(CCCCCOc5ccc6c(c5)C(=O)N(C5CCC(=O)NC5=O)C6=O)CC4)cc3)C2=S)cc1C(F)(F)F. The van der Waals surface area contributed by atoms with Crippen molar-refractivity contribution in [1.82, 2.24) is 15.1 Å². The minimum atomic E-state index is -4.77. The molecule has 0 aromatic heterocycles. The van der Waals surface area contributed by atoms with E-state index in [1.807, 2.05) is 24.3 Å². The Labute approximate surface area is 343 Å². The van der Waals surface area contributed by atoms with Crippen molar-refractivity contribution in [2.75, 3.05) is 54.0 Å². The van der Waals surface area contributed by atoms with Crippen LogP contribution < -0.4 is 24.8 Å². The van der Waals surface area contributed by atoms with Gasteiger partial charge in [0, 0.05) is 44.0 Å². The lowest BCUT2D eigenvalue weighted by Crippen LogP contribution is -2.55. The number of amides is 5. The largest absolute Gasteiger partial charge is 0.494 e. The summed E-state index contributed by atoms with van der Waals surface area (Å²) in [5.74, 6) is -2.10. The van der Waals surface area contributed by atoms with Crippen LogP contribution in [0.3, 0.4) is 0 Å². The molecule has 1 N–H and O–H groups in total. The van der Waals surface area contributed by atoms with Crippen LogP contribution in [0.5, 0.6) is 5.75 Å². The van der Waals surface area contributed by atoms with Crippen LogP contribution in [-0.4, -0.2) is 95.4 Å². The number of nitrogens with zero attached hydrogens (tertiary/aromatic N) is 6. The molecule has 4 aliphatic heterocycles. The smallest absolute Gasteiger partial charge is 0.417 e. The predicted molar refractivity (Wildman–Crippen MR) is 213 cm³/mol. The van der Waals surface area contributed by atoms with E-state index < -0.39 is 52.5 Å². The molecule has 1 aliphatic carbocycles. The fourth-order valence-corrected chi connectivity index (χ4v) is 9.07. The average molecular weight is 828 g/mol. The summed E-state index contributed by atoms with van der Waals surface area (Å²) in [4.78, 5) is 72.4. The maximum Gasteiger partial charge on any atom is 0.417 e. The van der Waals surface area contributed by atoms with Crippen molar-refractivity contribution in [3.8, 4) is 11.8 Å². The summed E-state index contributed by atoms with van der Waals surface area (Å²) < 4.78 is 47.3. The van der Waals surface area contributed by atoms with Gasteiger partial charge < -0.3 is 14.5 Å². The van der Waals surface area contributed by atoms with Crippen molar-refractivity contribution in [2.45, 2.75) is 69.1 Å².